The number of hydrogen-bond donors (Lipinski definition) is 1. The van der Waals surface area contributed by atoms with Crippen molar-refractivity contribution in [3.8, 4) is 5.75 Å². The van der Waals surface area contributed by atoms with Crippen molar-refractivity contribution in [2.24, 2.45) is 23.7 Å². The van der Waals surface area contributed by atoms with Crippen LogP contribution in [0, 0.1) is 47.6 Å². The van der Waals surface area contributed by atoms with Crippen molar-refractivity contribution in [3.63, 3.8) is 0 Å². The Balaban J connectivity index is 1.35. The summed E-state index contributed by atoms with van der Waals surface area (Å²) in [4.78, 5) is 72.0. The number of aryl methyl sites for hydroxylation is 2. The molecule has 4 aromatic rings. The van der Waals surface area contributed by atoms with Gasteiger partial charge in [0.2, 0.25) is 23.6 Å². The lowest BCUT2D eigenvalue weighted by Crippen LogP contribution is -2.53. The number of halogens is 1. The van der Waals surface area contributed by atoms with Crippen molar-refractivity contribution in [3.05, 3.63) is 140 Å². The zero-order chi connectivity index (χ0) is 35.9. The number of aromatic hydroxyl groups is 1. The van der Waals surface area contributed by atoms with E-state index in [1.807, 2.05) is 48.5 Å². The second kappa shape index (κ2) is 11.7. The van der Waals surface area contributed by atoms with Crippen LogP contribution in [-0.2, 0) is 24.6 Å². The highest BCUT2D eigenvalue weighted by molar-refractivity contribution is 6.32. The van der Waals surface area contributed by atoms with Gasteiger partial charge in [0, 0.05) is 23.1 Å². The minimum atomic E-state index is -1.45. The molecule has 2 aliphatic carbocycles. The number of carbonyl (C=O) groups is 4. The summed E-state index contributed by atoms with van der Waals surface area (Å²) in [5.41, 5.74) is 2.05. The van der Waals surface area contributed by atoms with Gasteiger partial charge < -0.3 is 5.11 Å². The zero-order valence-electron chi connectivity index (χ0n) is 27.7. The number of allylic oxidation sites excluding steroid dienone is 2. The number of amides is 4. The molecule has 2 aliphatic heterocycles. The van der Waals surface area contributed by atoms with Crippen molar-refractivity contribution in [1.82, 2.24) is 0 Å². The summed E-state index contributed by atoms with van der Waals surface area (Å²) in [5.74, 6) is -5.61. The average molecular weight is 702 g/mol. The van der Waals surface area contributed by atoms with Crippen LogP contribution < -0.4 is 9.80 Å². The minimum absolute atomic E-state index is 0.109. The molecular weight excluding hydrogens is 670 g/mol. The molecule has 2 heterocycles. The fourth-order valence-corrected chi connectivity index (χ4v) is 9.46. The molecule has 8 rings (SSSR count). The first-order valence-electron chi connectivity index (χ1n) is 16.8. The van der Waals surface area contributed by atoms with Crippen molar-refractivity contribution in [2.45, 2.75) is 38.0 Å². The third-order valence-corrected chi connectivity index (χ3v) is 11.5. The Labute approximate surface area is 298 Å². The van der Waals surface area contributed by atoms with Crippen molar-refractivity contribution in [2.75, 3.05) is 9.80 Å². The van der Waals surface area contributed by atoms with Gasteiger partial charge in [-0.15, -0.1) is 0 Å². The summed E-state index contributed by atoms with van der Waals surface area (Å²) in [6.07, 6.45) is 2.27. The topological polar surface area (TPSA) is 138 Å². The third-order valence-electron chi connectivity index (χ3n) is 11.3. The van der Waals surface area contributed by atoms with E-state index >= 15 is 4.79 Å². The first-order chi connectivity index (χ1) is 24.4. The van der Waals surface area contributed by atoms with Gasteiger partial charge in [0.05, 0.1) is 39.5 Å². The lowest BCUT2D eigenvalue weighted by Gasteiger charge is -2.51. The molecule has 1 saturated carbocycles. The first kappa shape index (κ1) is 32.6. The number of nitro groups is 1. The third kappa shape index (κ3) is 4.62. The molecule has 3 fully saturated rings. The summed E-state index contributed by atoms with van der Waals surface area (Å²) in [5, 5.41) is 22.8. The molecule has 6 unspecified atom stereocenters. The molecule has 0 radical (unpaired) electrons. The Morgan fingerprint density at radius 3 is 2.14 bits per heavy atom. The number of fused-ring (bicyclic) bond motifs is 4. The maximum Gasteiger partial charge on any atom is 0.271 e. The lowest BCUT2D eigenvalue weighted by molar-refractivity contribution is -0.384. The van der Waals surface area contributed by atoms with E-state index in [0.29, 0.717) is 33.0 Å². The molecule has 2 saturated heterocycles. The van der Waals surface area contributed by atoms with E-state index in [9.17, 15) is 29.6 Å². The molecule has 1 N–H and O–H groups in total. The summed E-state index contributed by atoms with van der Waals surface area (Å²) >= 11 is 6.39. The summed E-state index contributed by atoms with van der Waals surface area (Å²) < 4.78 is 0. The molecule has 51 heavy (non-hydrogen) atoms. The second-order valence-corrected chi connectivity index (χ2v) is 14.3. The number of carbonyl (C=O) groups excluding carboxylic acids is 4. The van der Waals surface area contributed by atoms with Crippen LogP contribution in [0.25, 0.3) is 0 Å². The maximum absolute atomic E-state index is 15.3. The molecule has 10 nitrogen and oxygen atoms in total. The molecule has 6 atom stereocenters. The smallest absolute Gasteiger partial charge is 0.271 e. The molecule has 11 heteroatoms. The second-order valence-electron chi connectivity index (χ2n) is 13.9. The SMILES string of the molecule is Cc1cc(C2C3=CCC4C(=O)N(c5cccc([N+](=O)[O-])c5)C(=O)C4C3CC3C(=O)N(c4cccc(Cl)c4)C(=O)C32c2ccccc2)cc(C)c1O. The zero-order valence-corrected chi connectivity index (χ0v) is 28.4. The monoisotopic (exact) mass is 701 g/mol. The van der Waals surface area contributed by atoms with Crippen LogP contribution in [0.1, 0.15) is 41.0 Å². The highest BCUT2D eigenvalue weighted by atomic mass is 35.5. The highest BCUT2D eigenvalue weighted by Crippen LogP contribution is 2.64. The van der Waals surface area contributed by atoms with Gasteiger partial charge in [0.25, 0.3) is 5.69 Å². The number of non-ortho nitro benzene ring substituents is 1. The molecule has 0 aromatic heterocycles. The predicted octanol–water partition coefficient (Wildman–Crippen LogP) is 6.94. The largest absolute Gasteiger partial charge is 0.507 e. The van der Waals surface area contributed by atoms with E-state index in [0.717, 1.165) is 10.5 Å². The van der Waals surface area contributed by atoms with E-state index in [1.54, 1.807) is 38.1 Å². The summed E-state index contributed by atoms with van der Waals surface area (Å²) in [7, 11) is 0. The molecule has 256 valence electrons. The summed E-state index contributed by atoms with van der Waals surface area (Å²) in [6.45, 7) is 3.56. The van der Waals surface area contributed by atoms with Crippen LogP contribution in [0.2, 0.25) is 5.02 Å². The number of benzene rings is 4. The van der Waals surface area contributed by atoms with Crippen LogP contribution >= 0.6 is 11.6 Å². The normalized spacial score (nSPS) is 26.9. The van der Waals surface area contributed by atoms with Gasteiger partial charge in [-0.1, -0.05) is 77.8 Å². The van der Waals surface area contributed by atoms with E-state index < -0.39 is 63.6 Å². The van der Waals surface area contributed by atoms with Gasteiger partial charge in [-0.2, -0.15) is 0 Å². The van der Waals surface area contributed by atoms with Gasteiger partial charge in [-0.05, 0) is 79.1 Å². The van der Waals surface area contributed by atoms with E-state index in [-0.39, 0.29) is 30.0 Å². The number of nitrogens with zero attached hydrogens (tertiary/aromatic N) is 3. The van der Waals surface area contributed by atoms with Crippen LogP contribution in [0.4, 0.5) is 17.1 Å². The molecule has 4 aromatic carbocycles. The molecular formula is C40H32ClN3O7. The number of rotatable bonds is 5. The number of hydrogen-bond acceptors (Lipinski definition) is 7. The summed E-state index contributed by atoms with van der Waals surface area (Å²) in [6, 6.07) is 24.9. The molecule has 0 spiro atoms. The van der Waals surface area contributed by atoms with Crippen LogP contribution in [0.5, 0.6) is 5.75 Å². The van der Waals surface area contributed by atoms with E-state index in [2.05, 4.69) is 0 Å². The number of imide groups is 2. The number of anilines is 2. The minimum Gasteiger partial charge on any atom is -0.507 e. The fourth-order valence-electron chi connectivity index (χ4n) is 9.27. The van der Waals surface area contributed by atoms with Gasteiger partial charge in [-0.25, -0.2) is 9.80 Å². The highest BCUT2D eigenvalue weighted by Gasteiger charge is 2.70. The Kier molecular flexibility index (Phi) is 7.50. The Hall–Kier alpha value is -5.61. The predicted molar refractivity (Wildman–Crippen MR) is 189 cm³/mol. The van der Waals surface area contributed by atoms with Crippen molar-refractivity contribution < 1.29 is 29.2 Å². The Morgan fingerprint density at radius 1 is 0.804 bits per heavy atom. The maximum atomic E-state index is 15.3. The Morgan fingerprint density at radius 2 is 1.47 bits per heavy atom. The number of nitro benzene ring substituents is 1. The van der Waals surface area contributed by atoms with Crippen molar-refractivity contribution in [1.29, 1.82) is 0 Å². The van der Waals surface area contributed by atoms with Crippen LogP contribution in [0.15, 0.2) is 103 Å². The fraction of sp³-hybridized carbons (Fsp3) is 0.250. The molecule has 4 amide bonds. The van der Waals surface area contributed by atoms with Gasteiger partial charge >= 0.3 is 0 Å². The van der Waals surface area contributed by atoms with Gasteiger partial charge in [0.1, 0.15) is 5.75 Å². The Bertz CT molecular complexity index is 2210. The van der Waals surface area contributed by atoms with Crippen LogP contribution in [-0.4, -0.2) is 33.7 Å². The number of phenols is 1. The van der Waals surface area contributed by atoms with E-state index in [1.165, 1.54) is 29.2 Å². The van der Waals surface area contributed by atoms with E-state index in [4.69, 9.17) is 11.6 Å². The molecule has 4 aliphatic rings. The van der Waals surface area contributed by atoms with Gasteiger partial charge in [0.15, 0.2) is 0 Å². The number of phenolic OH excluding ortho intramolecular Hbond substituents is 1. The van der Waals surface area contributed by atoms with Gasteiger partial charge in [-0.3, -0.25) is 29.3 Å². The molecule has 0 bridgehead atoms. The standard InChI is InChI=1S/C40H32ClN3O7/c1-21-16-23(17-22(2)35(21)45)34-29-14-15-30-33(38(48)42(36(30)46)27-12-7-13-28(19-27)44(50)51)31(29)20-32-37(47)43(26-11-6-10-25(41)18-26)39(49)40(32,34)24-8-4-3-5-9-24/h3-14,16-19,30-34,45H,15,20H2,1-2H3. The first-order valence-corrected chi connectivity index (χ1v) is 17.1. The average Bonchev–Trinajstić information content (AvgIpc) is 3.51. The quantitative estimate of drug-likeness (QED) is 0.103. The lowest BCUT2D eigenvalue weighted by atomic mass is 9.49. The van der Waals surface area contributed by atoms with Crippen molar-refractivity contribution >= 4 is 52.3 Å². The van der Waals surface area contributed by atoms with Crippen LogP contribution in [0.3, 0.4) is 0 Å².